The fourth-order valence-corrected chi connectivity index (χ4v) is 0.204. The molecule has 0 spiro atoms. The van der Waals surface area contributed by atoms with E-state index in [1.165, 1.54) is 0 Å². The first-order valence-corrected chi connectivity index (χ1v) is 2.05. The third-order valence-electron chi connectivity index (χ3n) is 0.495. The molecule has 0 amide bonds. The minimum Gasteiger partial charge on any atom is -0.396 e. The van der Waals surface area contributed by atoms with Gasteiger partial charge in [0.2, 0.25) is 0 Å². The number of ether oxygens (including phenoxy) is 1. The summed E-state index contributed by atoms with van der Waals surface area (Å²) in [5.74, 6) is -0.706. The Kier molecular flexibility index (Phi) is 3.78. The van der Waals surface area contributed by atoms with E-state index < -0.39 is 5.97 Å². The molecule has 0 saturated heterocycles. The third-order valence-corrected chi connectivity index (χ3v) is 0.495. The second-order valence-electron chi connectivity index (χ2n) is 1.06. The molecule has 46 valence electrons. The molecule has 0 aromatic carbocycles. The minimum atomic E-state index is -0.706. The monoisotopic (exact) mass is 118 g/mol. The Morgan fingerprint density at radius 2 is 2.38 bits per heavy atom. The largest absolute Gasteiger partial charge is 0.396 e. The molecule has 0 radical (unpaired) electrons. The maximum absolute atomic E-state index is 10.0. The van der Waals surface area contributed by atoms with E-state index in [9.17, 15) is 9.59 Å². The Bertz CT molecular complexity index is 88.0. The van der Waals surface area contributed by atoms with E-state index in [2.05, 4.69) is 4.74 Å². The highest BCUT2D eigenvalue weighted by Crippen LogP contribution is 1.78. The van der Waals surface area contributed by atoms with Crippen molar-refractivity contribution in [1.82, 2.24) is 0 Å². The zero-order chi connectivity index (χ0) is 6.41. The Balaban J connectivity index is 3.18. The summed E-state index contributed by atoms with van der Waals surface area (Å²) in [6.07, 6.45) is -0.126. The Hall–Kier alpha value is -0.900. The highest BCUT2D eigenvalue weighted by molar-refractivity contribution is 5.76. The average molecular weight is 118 g/mol. The van der Waals surface area contributed by atoms with Gasteiger partial charge >= 0.3 is 12.4 Å². The van der Waals surface area contributed by atoms with Crippen LogP contribution in [-0.2, 0) is 14.3 Å². The molecule has 1 N–H and O–H groups in total. The van der Waals surface area contributed by atoms with Crippen molar-refractivity contribution < 1.29 is 19.4 Å². The average Bonchev–Trinajstić information content (AvgIpc) is 1.68. The van der Waals surface area contributed by atoms with Crippen LogP contribution < -0.4 is 0 Å². The summed E-state index contributed by atoms with van der Waals surface area (Å²) in [5, 5.41) is 8.05. The molecule has 0 rings (SSSR count). The van der Waals surface area contributed by atoms with E-state index in [-0.39, 0.29) is 19.5 Å². The summed E-state index contributed by atoms with van der Waals surface area (Å²) in [6, 6.07) is 0. The highest BCUT2D eigenvalue weighted by atomic mass is 16.6. The molecule has 0 bridgehead atoms. The predicted molar refractivity (Wildman–Crippen MR) is 23.9 cm³/mol. The molecule has 4 nitrogen and oxygen atoms in total. The molecule has 0 heterocycles. The molecule has 8 heavy (non-hydrogen) atoms. The van der Waals surface area contributed by atoms with Gasteiger partial charge in [-0.25, -0.2) is 0 Å². The molecule has 0 aliphatic carbocycles. The van der Waals surface area contributed by atoms with Crippen molar-refractivity contribution in [1.29, 1.82) is 0 Å². The molecular formula is C4H6O4. The number of esters is 1. The number of carbonyl (C=O) groups excluding carboxylic acids is 2. The Morgan fingerprint density at radius 1 is 1.75 bits per heavy atom. The Labute approximate surface area is 46.1 Å². The van der Waals surface area contributed by atoms with Gasteiger partial charge in [-0.3, -0.25) is 9.59 Å². The molecule has 0 aromatic heterocycles. The zero-order valence-electron chi connectivity index (χ0n) is 4.16. The molecule has 0 atom stereocenters. The fraction of sp³-hybridized carbons (Fsp3) is 0.500. The number of carbonyl (C=O) groups is 2. The standard InChI is InChI=1S/C4H6O4/c5-2-1-4(7)8-3-6/h3,5H,1-2H2. The summed E-state index contributed by atoms with van der Waals surface area (Å²) < 4.78 is 3.80. The molecule has 0 unspecified atom stereocenters. The quantitative estimate of drug-likeness (QED) is 0.295. The van der Waals surface area contributed by atoms with E-state index in [0.717, 1.165) is 0 Å². The first-order valence-electron chi connectivity index (χ1n) is 2.05. The van der Waals surface area contributed by atoms with Crippen LogP contribution in [0.2, 0.25) is 0 Å². The molecule has 4 heteroatoms. The van der Waals surface area contributed by atoms with Crippen molar-refractivity contribution in [3.8, 4) is 0 Å². The Morgan fingerprint density at radius 3 is 2.75 bits per heavy atom. The molecular weight excluding hydrogens is 112 g/mol. The molecule has 0 fully saturated rings. The van der Waals surface area contributed by atoms with E-state index in [0.29, 0.717) is 0 Å². The number of hydrogen-bond acceptors (Lipinski definition) is 4. The summed E-state index contributed by atoms with van der Waals surface area (Å²) in [5.41, 5.74) is 0. The van der Waals surface area contributed by atoms with Gasteiger partial charge in [0, 0.05) is 0 Å². The van der Waals surface area contributed by atoms with Gasteiger partial charge in [0.1, 0.15) is 0 Å². The second-order valence-corrected chi connectivity index (χ2v) is 1.06. The number of rotatable bonds is 3. The number of aliphatic hydroxyl groups excluding tert-OH is 1. The minimum absolute atomic E-state index is 0.0397. The smallest absolute Gasteiger partial charge is 0.315 e. The van der Waals surface area contributed by atoms with Gasteiger partial charge in [-0.15, -0.1) is 0 Å². The summed E-state index contributed by atoms with van der Waals surface area (Å²) in [4.78, 5) is 19.4. The van der Waals surface area contributed by atoms with Gasteiger partial charge in [-0.2, -0.15) is 0 Å². The first-order chi connectivity index (χ1) is 3.81. The van der Waals surface area contributed by atoms with Crippen LogP contribution in [0.25, 0.3) is 0 Å². The summed E-state index contributed by atoms with van der Waals surface area (Å²) in [6.45, 7) is -0.245. The van der Waals surface area contributed by atoms with E-state index in [4.69, 9.17) is 5.11 Å². The van der Waals surface area contributed by atoms with Crippen LogP contribution in [0.15, 0.2) is 0 Å². The molecule has 0 saturated carbocycles. The lowest BCUT2D eigenvalue weighted by atomic mass is 10.5. The SMILES string of the molecule is O=COC(=O)CCO. The lowest BCUT2D eigenvalue weighted by Crippen LogP contribution is -2.03. The van der Waals surface area contributed by atoms with Gasteiger partial charge in [-0.05, 0) is 0 Å². The van der Waals surface area contributed by atoms with Crippen LogP contribution in [0, 0.1) is 0 Å². The van der Waals surface area contributed by atoms with Crippen molar-refractivity contribution in [2.24, 2.45) is 0 Å². The van der Waals surface area contributed by atoms with Crippen molar-refractivity contribution in [3.05, 3.63) is 0 Å². The van der Waals surface area contributed by atoms with Gasteiger partial charge < -0.3 is 9.84 Å². The summed E-state index contributed by atoms with van der Waals surface area (Å²) in [7, 11) is 0. The topological polar surface area (TPSA) is 63.6 Å². The van der Waals surface area contributed by atoms with Gasteiger partial charge in [-0.1, -0.05) is 0 Å². The van der Waals surface area contributed by atoms with Gasteiger partial charge in [0.15, 0.2) is 0 Å². The van der Waals surface area contributed by atoms with Crippen LogP contribution in [0.1, 0.15) is 6.42 Å². The molecule has 0 aromatic rings. The highest BCUT2D eigenvalue weighted by Gasteiger charge is 1.97. The van der Waals surface area contributed by atoms with Crippen LogP contribution in [0.5, 0.6) is 0 Å². The van der Waals surface area contributed by atoms with Crippen molar-refractivity contribution in [3.63, 3.8) is 0 Å². The van der Waals surface area contributed by atoms with Crippen LogP contribution >= 0.6 is 0 Å². The summed E-state index contributed by atoms with van der Waals surface area (Å²) >= 11 is 0. The molecule has 0 aliphatic heterocycles. The van der Waals surface area contributed by atoms with Crippen molar-refractivity contribution in [2.75, 3.05) is 6.61 Å². The maximum atomic E-state index is 10.0. The lowest BCUT2D eigenvalue weighted by molar-refractivity contribution is -0.151. The first kappa shape index (κ1) is 7.10. The van der Waals surface area contributed by atoms with Crippen LogP contribution in [-0.4, -0.2) is 24.2 Å². The maximum Gasteiger partial charge on any atom is 0.315 e. The van der Waals surface area contributed by atoms with Gasteiger partial charge in [0.25, 0.3) is 0 Å². The van der Waals surface area contributed by atoms with Crippen LogP contribution in [0.3, 0.4) is 0 Å². The predicted octanol–water partition coefficient (Wildman–Crippen LogP) is -0.932. The fourth-order valence-electron chi connectivity index (χ4n) is 0.204. The normalized spacial score (nSPS) is 8.12. The lowest BCUT2D eigenvalue weighted by Gasteiger charge is -1.89. The van der Waals surface area contributed by atoms with E-state index in [1.54, 1.807) is 0 Å². The van der Waals surface area contributed by atoms with E-state index >= 15 is 0 Å². The zero-order valence-corrected chi connectivity index (χ0v) is 4.16. The van der Waals surface area contributed by atoms with E-state index in [1.807, 2.05) is 0 Å². The van der Waals surface area contributed by atoms with Crippen molar-refractivity contribution in [2.45, 2.75) is 6.42 Å². The number of aliphatic hydroxyl groups is 1. The second kappa shape index (κ2) is 4.26. The molecule has 0 aliphatic rings. The number of hydrogen-bond donors (Lipinski definition) is 1. The van der Waals surface area contributed by atoms with Gasteiger partial charge in [0.05, 0.1) is 13.0 Å². The third kappa shape index (κ3) is 3.30. The van der Waals surface area contributed by atoms with Crippen LogP contribution in [0.4, 0.5) is 0 Å². The van der Waals surface area contributed by atoms with Crippen molar-refractivity contribution >= 4 is 12.4 Å².